The standard InChI is InChI=1S/C20H23N3O6S2/c1-12(23-31(27,28)13-7-3-2-4-8-13)20(26)29-11-16(24)22-19-17(18(21)25)14-9-5-6-10-15(14)30-19/h2-4,7-8,12,23H,5-6,9-11H2,1H3,(H2,21,25)(H,22,24)/t12-/m0/s1. The minimum absolute atomic E-state index is 0.00744. The topological polar surface area (TPSA) is 145 Å². The van der Waals surface area contributed by atoms with Crippen molar-refractivity contribution in [2.24, 2.45) is 5.73 Å². The summed E-state index contributed by atoms with van der Waals surface area (Å²) in [5, 5.41) is 2.93. The van der Waals surface area contributed by atoms with Gasteiger partial charge in [0.2, 0.25) is 10.0 Å². The van der Waals surface area contributed by atoms with Gasteiger partial charge in [-0.25, -0.2) is 8.42 Å². The molecule has 4 N–H and O–H groups in total. The molecule has 3 rings (SSSR count). The van der Waals surface area contributed by atoms with E-state index in [4.69, 9.17) is 10.5 Å². The molecule has 9 nitrogen and oxygen atoms in total. The first kappa shape index (κ1) is 22.9. The lowest BCUT2D eigenvalue weighted by atomic mass is 9.95. The molecule has 0 unspecified atom stereocenters. The largest absolute Gasteiger partial charge is 0.454 e. The minimum atomic E-state index is -3.91. The number of thiophene rings is 1. The molecule has 1 aromatic heterocycles. The number of carbonyl (C=O) groups excluding carboxylic acids is 3. The number of carbonyl (C=O) groups is 3. The second kappa shape index (κ2) is 9.58. The van der Waals surface area contributed by atoms with Gasteiger partial charge in [-0.2, -0.15) is 4.72 Å². The zero-order valence-corrected chi connectivity index (χ0v) is 18.5. The number of rotatable bonds is 8. The van der Waals surface area contributed by atoms with Gasteiger partial charge < -0.3 is 15.8 Å². The SMILES string of the molecule is C[C@H](NS(=O)(=O)c1ccccc1)C(=O)OCC(=O)Nc1sc2c(c1C(N)=O)CCCC2. The summed E-state index contributed by atoms with van der Waals surface area (Å²) in [4.78, 5) is 37.3. The number of nitrogens with one attached hydrogen (secondary N) is 2. The van der Waals surface area contributed by atoms with E-state index in [-0.39, 0.29) is 4.90 Å². The molecule has 2 aromatic rings. The van der Waals surface area contributed by atoms with Crippen molar-refractivity contribution >= 4 is 44.1 Å². The van der Waals surface area contributed by atoms with Gasteiger partial charge in [0.05, 0.1) is 10.5 Å². The highest BCUT2D eigenvalue weighted by Gasteiger charge is 2.26. The van der Waals surface area contributed by atoms with Crippen LogP contribution in [0.3, 0.4) is 0 Å². The van der Waals surface area contributed by atoms with Gasteiger partial charge in [0.1, 0.15) is 11.0 Å². The predicted molar refractivity (Wildman–Crippen MR) is 115 cm³/mol. The van der Waals surface area contributed by atoms with Crippen LogP contribution >= 0.6 is 11.3 Å². The maximum absolute atomic E-state index is 12.3. The lowest BCUT2D eigenvalue weighted by Crippen LogP contribution is -2.40. The van der Waals surface area contributed by atoms with Gasteiger partial charge >= 0.3 is 5.97 Å². The van der Waals surface area contributed by atoms with Crippen LogP contribution in [0.4, 0.5) is 5.00 Å². The van der Waals surface area contributed by atoms with Crippen molar-refractivity contribution in [1.29, 1.82) is 0 Å². The van der Waals surface area contributed by atoms with Crippen LogP contribution in [-0.4, -0.2) is 38.9 Å². The summed E-state index contributed by atoms with van der Waals surface area (Å²) < 4.78 is 31.7. The summed E-state index contributed by atoms with van der Waals surface area (Å²) >= 11 is 1.30. The molecule has 1 aliphatic rings. The second-order valence-corrected chi connectivity index (χ2v) is 9.91. The molecule has 1 aromatic carbocycles. The third kappa shape index (κ3) is 5.49. The van der Waals surface area contributed by atoms with Crippen LogP contribution in [0.1, 0.15) is 40.6 Å². The fourth-order valence-electron chi connectivity index (χ4n) is 3.29. The van der Waals surface area contributed by atoms with Crippen molar-refractivity contribution in [1.82, 2.24) is 4.72 Å². The summed E-state index contributed by atoms with van der Waals surface area (Å²) in [5.74, 6) is -2.17. The number of nitrogens with two attached hydrogens (primary N) is 1. The number of ether oxygens (including phenoxy) is 1. The van der Waals surface area contributed by atoms with Crippen molar-refractivity contribution in [2.45, 2.75) is 43.5 Å². The molecule has 31 heavy (non-hydrogen) atoms. The first-order valence-electron chi connectivity index (χ1n) is 9.67. The number of aryl methyl sites for hydroxylation is 1. The van der Waals surface area contributed by atoms with Crippen LogP contribution in [0.2, 0.25) is 0 Å². The molecule has 0 saturated heterocycles. The molecule has 0 radical (unpaired) electrons. The Morgan fingerprint density at radius 3 is 2.52 bits per heavy atom. The average Bonchev–Trinajstić information content (AvgIpc) is 3.10. The van der Waals surface area contributed by atoms with E-state index in [1.165, 1.54) is 30.4 Å². The Hall–Kier alpha value is -2.76. The summed E-state index contributed by atoms with van der Waals surface area (Å²) in [5.41, 5.74) is 6.68. The highest BCUT2D eigenvalue weighted by atomic mass is 32.2. The summed E-state index contributed by atoms with van der Waals surface area (Å²) in [7, 11) is -3.91. The lowest BCUT2D eigenvalue weighted by Gasteiger charge is -2.14. The van der Waals surface area contributed by atoms with E-state index in [9.17, 15) is 22.8 Å². The van der Waals surface area contributed by atoms with Crippen molar-refractivity contribution < 1.29 is 27.5 Å². The van der Waals surface area contributed by atoms with Crippen LogP contribution < -0.4 is 15.8 Å². The summed E-state index contributed by atoms with van der Waals surface area (Å²) in [6, 6.07) is 6.38. The molecule has 1 aliphatic carbocycles. The van der Waals surface area contributed by atoms with Gasteiger partial charge in [-0.1, -0.05) is 18.2 Å². The molecule has 0 saturated carbocycles. The van der Waals surface area contributed by atoms with E-state index >= 15 is 0 Å². The lowest BCUT2D eigenvalue weighted by molar-refractivity contribution is -0.148. The number of sulfonamides is 1. The zero-order chi connectivity index (χ0) is 22.6. The second-order valence-electron chi connectivity index (χ2n) is 7.09. The monoisotopic (exact) mass is 465 g/mol. The van der Waals surface area contributed by atoms with E-state index in [1.54, 1.807) is 18.2 Å². The predicted octanol–water partition coefficient (Wildman–Crippen LogP) is 1.57. The van der Waals surface area contributed by atoms with Crippen LogP contribution in [0.5, 0.6) is 0 Å². The maximum atomic E-state index is 12.3. The van der Waals surface area contributed by atoms with Crippen LogP contribution in [-0.2, 0) is 37.2 Å². The smallest absolute Gasteiger partial charge is 0.324 e. The van der Waals surface area contributed by atoms with Crippen molar-refractivity contribution in [2.75, 3.05) is 11.9 Å². The average molecular weight is 466 g/mol. The third-order valence-corrected chi connectivity index (χ3v) is 7.52. The highest BCUT2D eigenvalue weighted by Crippen LogP contribution is 2.37. The van der Waals surface area contributed by atoms with Gasteiger partial charge in [-0.05, 0) is 50.3 Å². The molecule has 0 fully saturated rings. The Balaban J connectivity index is 1.58. The Morgan fingerprint density at radius 1 is 1.16 bits per heavy atom. The van der Waals surface area contributed by atoms with E-state index in [2.05, 4.69) is 10.0 Å². The normalized spacial score (nSPS) is 14.4. The Labute approximate surface area is 184 Å². The maximum Gasteiger partial charge on any atom is 0.324 e. The number of anilines is 1. The molecule has 0 aliphatic heterocycles. The number of esters is 1. The van der Waals surface area contributed by atoms with E-state index in [1.807, 2.05) is 0 Å². The Bertz CT molecular complexity index is 1100. The number of benzene rings is 1. The molecular formula is C20H23N3O6S2. The number of amides is 2. The van der Waals surface area contributed by atoms with Crippen molar-refractivity contribution in [3.63, 3.8) is 0 Å². The first-order valence-corrected chi connectivity index (χ1v) is 12.0. The molecule has 166 valence electrons. The highest BCUT2D eigenvalue weighted by molar-refractivity contribution is 7.89. The molecular weight excluding hydrogens is 442 g/mol. The van der Waals surface area contributed by atoms with Gasteiger partial charge in [-0.3, -0.25) is 14.4 Å². The van der Waals surface area contributed by atoms with Crippen LogP contribution in [0.25, 0.3) is 0 Å². The van der Waals surface area contributed by atoms with Crippen molar-refractivity contribution in [3.05, 3.63) is 46.3 Å². The minimum Gasteiger partial charge on any atom is -0.454 e. The van der Waals surface area contributed by atoms with Crippen LogP contribution in [0, 0.1) is 0 Å². The number of primary amides is 1. The molecule has 1 heterocycles. The molecule has 2 amide bonds. The number of hydrogen-bond donors (Lipinski definition) is 3. The third-order valence-electron chi connectivity index (χ3n) is 4.76. The number of fused-ring (bicyclic) bond motifs is 1. The summed E-state index contributed by atoms with van der Waals surface area (Å²) in [6.07, 6.45) is 3.51. The van der Waals surface area contributed by atoms with E-state index in [0.29, 0.717) is 10.6 Å². The number of hydrogen-bond acceptors (Lipinski definition) is 7. The van der Waals surface area contributed by atoms with Gasteiger partial charge in [0, 0.05) is 4.88 Å². The fraction of sp³-hybridized carbons (Fsp3) is 0.350. The van der Waals surface area contributed by atoms with Crippen LogP contribution in [0.15, 0.2) is 35.2 Å². The van der Waals surface area contributed by atoms with Gasteiger partial charge in [0.15, 0.2) is 6.61 Å². The molecule has 11 heteroatoms. The Kier molecular flexibility index (Phi) is 7.08. The van der Waals surface area contributed by atoms with Gasteiger partial charge in [-0.15, -0.1) is 11.3 Å². The van der Waals surface area contributed by atoms with E-state index < -0.39 is 40.5 Å². The Morgan fingerprint density at radius 2 is 1.84 bits per heavy atom. The van der Waals surface area contributed by atoms with Crippen molar-refractivity contribution in [3.8, 4) is 0 Å². The quantitative estimate of drug-likeness (QED) is 0.505. The fourth-order valence-corrected chi connectivity index (χ4v) is 5.81. The first-order chi connectivity index (χ1) is 14.7. The molecule has 1 atom stereocenters. The molecule has 0 bridgehead atoms. The molecule has 0 spiro atoms. The van der Waals surface area contributed by atoms with E-state index in [0.717, 1.165) is 36.1 Å². The zero-order valence-electron chi connectivity index (χ0n) is 16.8. The summed E-state index contributed by atoms with van der Waals surface area (Å²) in [6.45, 7) is 0.691. The van der Waals surface area contributed by atoms with Gasteiger partial charge in [0.25, 0.3) is 11.8 Å².